The van der Waals surface area contributed by atoms with Crippen molar-refractivity contribution in [3.8, 4) is 0 Å². The maximum Gasteiger partial charge on any atom is 0.339 e. The summed E-state index contributed by atoms with van der Waals surface area (Å²) < 4.78 is 14.2. The molecular weight excluding hydrogens is 356 g/mol. The zero-order valence-electron chi connectivity index (χ0n) is 14.7. The third-order valence-electron chi connectivity index (χ3n) is 3.50. The standard InChI is InChI=1S/C18H18N2O7/c1-25-17(23)11-5-6-12(18(24)26-2)13(10-11)20-15(21)7-8-19-16(22)14-4-3-9-27-14/h3-6,9-10H,7-8H2,1-2H3,(H,19,22)(H,20,21). The van der Waals surface area contributed by atoms with Crippen molar-refractivity contribution >= 4 is 29.4 Å². The van der Waals surface area contributed by atoms with E-state index in [-0.39, 0.29) is 35.5 Å². The molecular formula is C18H18N2O7. The summed E-state index contributed by atoms with van der Waals surface area (Å²) in [6, 6.07) is 7.13. The van der Waals surface area contributed by atoms with Gasteiger partial charge in [0.25, 0.3) is 5.91 Å². The van der Waals surface area contributed by atoms with E-state index in [1.165, 1.54) is 44.7 Å². The Bertz CT molecular complexity index is 843. The summed E-state index contributed by atoms with van der Waals surface area (Å²) in [5.41, 5.74) is 0.344. The zero-order chi connectivity index (χ0) is 19.8. The summed E-state index contributed by atoms with van der Waals surface area (Å²) >= 11 is 0. The molecule has 0 atom stereocenters. The van der Waals surface area contributed by atoms with E-state index in [0.717, 1.165) is 0 Å². The molecule has 9 nitrogen and oxygen atoms in total. The van der Waals surface area contributed by atoms with Crippen molar-refractivity contribution in [1.82, 2.24) is 5.32 Å². The number of amides is 2. The van der Waals surface area contributed by atoms with E-state index in [1.807, 2.05) is 0 Å². The third-order valence-corrected chi connectivity index (χ3v) is 3.50. The molecule has 0 spiro atoms. The lowest BCUT2D eigenvalue weighted by Crippen LogP contribution is -2.27. The molecule has 2 aromatic rings. The zero-order valence-corrected chi connectivity index (χ0v) is 14.7. The minimum absolute atomic E-state index is 0.0512. The molecule has 0 aliphatic heterocycles. The number of furan rings is 1. The molecule has 2 amide bonds. The Morgan fingerprint density at radius 3 is 2.41 bits per heavy atom. The largest absolute Gasteiger partial charge is 0.465 e. The fourth-order valence-corrected chi connectivity index (χ4v) is 2.18. The number of methoxy groups -OCH3 is 2. The minimum atomic E-state index is -0.673. The van der Waals surface area contributed by atoms with Gasteiger partial charge in [-0.25, -0.2) is 9.59 Å². The van der Waals surface area contributed by atoms with Crippen LogP contribution in [0.5, 0.6) is 0 Å². The highest BCUT2D eigenvalue weighted by Gasteiger charge is 2.17. The Hall–Kier alpha value is -3.62. The second kappa shape index (κ2) is 9.18. The third kappa shape index (κ3) is 5.18. The van der Waals surface area contributed by atoms with Crippen LogP contribution in [0.2, 0.25) is 0 Å². The van der Waals surface area contributed by atoms with Crippen LogP contribution in [0, 0.1) is 0 Å². The van der Waals surface area contributed by atoms with Crippen molar-refractivity contribution in [2.45, 2.75) is 6.42 Å². The average Bonchev–Trinajstić information content (AvgIpc) is 3.21. The van der Waals surface area contributed by atoms with Gasteiger partial charge in [-0.2, -0.15) is 0 Å². The molecule has 0 radical (unpaired) electrons. The first-order valence-electron chi connectivity index (χ1n) is 7.88. The van der Waals surface area contributed by atoms with Gasteiger partial charge in [-0.15, -0.1) is 0 Å². The van der Waals surface area contributed by atoms with Crippen LogP contribution in [0.4, 0.5) is 5.69 Å². The smallest absolute Gasteiger partial charge is 0.339 e. The van der Waals surface area contributed by atoms with Gasteiger partial charge >= 0.3 is 11.9 Å². The van der Waals surface area contributed by atoms with E-state index in [4.69, 9.17) is 4.42 Å². The summed E-state index contributed by atoms with van der Waals surface area (Å²) in [5.74, 6) is -2.08. The molecule has 2 N–H and O–H groups in total. The predicted molar refractivity (Wildman–Crippen MR) is 93.4 cm³/mol. The number of carbonyl (C=O) groups excluding carboxylic acids is 4. The maximum absolute atomic E-state index is 12.1. The van der Waals surface area contributed by atoms with Gasteiger partial charge in [0, 0.05) is 13.0 Å². The molecule has 0 saturated heterocycles. The molecule has 0 fully saturated rings. The SMILES string of the molecule is COC(=O)c1ccc(C(=O)OC)c(NC(=O)CCNC(=O)c2ccco2)c1. The number of ether oxygens (including phenoxy) is 2. The first-order chi connectivity index (χ1) is 13.0. The molecule has 2 rings (SSSR count). The average molecular weight is 374 g/mol. The first-order valence-corrected chi connectivity index (χ1v) is 7.88. The Morgan fingerprint density at radius 1 is 1.04 bits per heavy atom. The lowest BCUT2D eigenvalue weighted by Gasteiger charge is -2.11. The topological polar surface area (TPSA) is 124 Å². The number of anilines is 1. The number of hydrogen-bond acceptors (Lipinski definition) is 7. The van der Waals surface area contributed by atoms with Crippen molar-refractivity contribution < 1.29 is 33.1 Å². The fraction of sp³-hybridized carbons (Fsp3) is 0.222. The van der Waals surface area contributed by atoms with Gasteiger partial charge in [-0.3, -0.25) is 9.59 Å². The van der Waals surface area contributed by atoms with Gasteiger partial charge in [0.1, 0.15) is 0 Å². The second-order valence-corrected chi connectivity index (χ2v) is 5.27. The van der Waals surface area contributed by atoms with Crippen molar-refractivity contribution in [2.24, 2.45) is 0 Å². The molecule has 142 valence electrons. The molecule has 0 aliphatic rings. The van der Waals surface area contributed by atoms with E-state index in [2.05, 4.69) is 20.1 Å². The van der Waals surface area contributed by atoms with Crippen molar-refractivity contribution in [3.05, 3.63) is 53.5 Å². The number of hydrogen-bond donors (Lipinski definition) is 2. The van der Waals surface area contributed by atoms with E-state index in [1.54, 1.807) is 6.07 Å². The summed E-state index contributed by atoms with van der Waals surface area (Å²) in [5, 5.41) is 5.06. The normalized spacial score (nSPS) is 10.0. The van der Waals surface area contributed by atoms with Crippen molar-refractivity contribution in [1.29, 1.82) is 0 Å². The van der Waals surface area contributed by atoms with Gasteiger partial charge in [0.05, 0.1) is 37.3 Å². The molecule has 1 heterocycles. The Labute approximate surface area is 154 Å². The van der Waals surface area contributed by atoms with E-state index < -0.39 is 23.8 Å². The first kappa shape index (κ1) is 19.7. The molecule has 1 aromatic carbocycles. The van der Waals surface area contributed by atoms with Crippen molar-refractivity contribution in [2.75, 3.05) is 26.1 Å². The quantitative estimate of drug-likeness (QED) is 0.706. The van der Waals surface area contributed by atoms with E-state index >= 15 is 0 Å². The lowest BCUT2D eigenvalue weighted by atomic mass is 10.1. The van der Waals surface area contributed by atoms with Crippen molar-refractivity contribution in [3.63, 3.8) is 0 Å². The molecule has 0 aliphatic carbocycles. The number of benzene rings is 1. The monoisotopic (exact) mass is 374 g/mol. The molecule has 9 heteroatoms. The highest BCUT2D eigenvalue weighted by Crippen LogP contribution is 2.20. The number of esters is 2. The van der Waals surface area contributed by atoms with Crippen LogP contribution in [0.3, 0.4) is 0 Å². The van der Waals surface area contributed by atoms with Crippen LogP contribution in [0.25, 0.3) is 0 Å². The Morgan fingerprint density at radius 2 is 1.78 bits per heavy atom. The van der Waals surface area contributed by atoms with Crippen LogP contribution in [-0.2, 0) is 14.3 Å². The van der Waals surface area contributed by atoms with Gasteiger partial charge in [-0.1, -0.05) is 0 Å². The van der Waals surface area contributed by atoms with Crippen LogP contribution in [0.1, 0.15) is 37.7 Å². The van der Waals surface area contributed by atoms with Gasteiger partial charge in [0.2, 0.25) is 5.91 Å². The Kier molecular flexibility index (Phi) is 6.70. The van der Waals surface area contributed by atoms with Crippen LogP contribution >= 0.6 is 0 Å². The lowest BCUT2D eigenvalue weighted by molar-refractivity contribution is -0.116. The number of carbonyl (C=O) groups is 4. The van der Waals surface area contributed by atoms with E-state index in [0.29, 0.717) is 0 Å². The molecule has 0 saturated carbocycles. The minimum Gasteiger partial charge on any atom is -0.465 e. The van der Waals surface area contributed by atoms with Crippen LogP contribution in [-0.4, -0.2) is 44.5 Å². The number of rotatable bonds is 7. The molecule has 27 heavy (non-hydrogen) atoms. The number of nitrogens with one attached hydrogen (secondary N) is 2. The van der Waals surface area contributed by atoms with Gasteiger partial charge in [0.15, 0.2) is 5.76 Å². The summed E-state index contributed by atoms with van der Waals surface area (Å²) in [6.45, 7) is 0.0512. The highest BCUT2D eigenvalue weighted by molar-refractivity contribution is 6.03. The predicted octanol–water partition coefficient (Wildman–Crippen LogP) is 1.61. The molecule has 0 unspecified atom stereocenters. The van der Waals surface area contributed by atoms with E-state index in [9.17, 15) is 19.2 Å². The summed E-state index contributed by atoms with van der Waals surface area (Å²) in [7, 11) is 2.42. The fourth-order valence-electron chi connectivity index (χ4n) is 2.18. The van der Waals surface area contributed by atoms with Crippen LogP contribution in [0.15, 0.2) is 41.0 Å². The second-order valence-electron chi connectivity index (χ2n) is 5.27. The van der Waals surface area contributed by atoms with Gasteiger partial charge < -0.3 is 24.5 Å². The highest BCUT2D eigenvalue weighted by atomic mass is 16.5. The van der Waals surface area contributed by atoms with Gasteiger partial charge in [-0.05, 0) is 30.3 Å². The summed E-state index contributed by atoms with van der Waals surface area (Å²) in [6.07, 6.45) is 1.31. The van der Waals surface area contributed by atoms with Crippen LogP contribution < -0.4 is 10.6 Å². The summed E-state index contributed by atoms with van der Waals surface area (Å²) in [4.78, 5) is 47.4. The molecule has 1 aromatic heterocycles. The molecule has 0 bridgehead atoms. The maximum atomic E-state index is 12.1. The Balaban J connectivity index is 2.03.